The van der Waals surface area contributed by atoms with E-state index in [0.717, 1.165) is 21.3 Å². The van der Waals surface area contributed by atoms with Crippen molar-refractivity contribution in [2.24, 2.45) is 0 Å². The highest BCUT2D eigenvalue weighted by Crippen LogP contribution is 2.36. The first kappa shape index (κ1) is 15.7. The summed E-state index contributed by atoms with van der Waals surface area (Å²) in [6.45, 7) is 7.53. The van der Waals surface area contributed by atoms with Crippen LogP contribution >= 0.6 is 22.9 Å². The molecule has 3 N–H and O–H groups in total. The molecule has 0 saturated heterocycles. The minimum atomic E-state index is 0.0624. The average molecular weight is 325 g/mol. The van der Waals surface area contributed by atoms with Crippen molar-refractivity contribution in [2.45, 2.75) is 20.8 Å². The molecule has 0 aromatic carbocycles. The van der Waals surface area contributed by atoms with Crippen molar-refractivity contribution >= 4 is 39.6 Å². The molecule has 0 aliphatic carbocycles. The number of hydrogen-bond donors (Lipinski definition) is 2. The number of thiazole rings is 1. The monoisotopic (exact) mass is 325 g/mol. The van der Waals surface area contributed by atoms with Crippen LogP contribution in [0.5, 0.6) is 0 Å². The number of likely N-dealkylation sites (N-methyl/N-ethyl adjacent to an activating group) is 1. The van der Waals surface area contributed by atoms with E-state index < -0.39 is 0 Å². The zero-order valence-electron chi connectivity index (χ0n) is 12.3. The molecule has 21 heavy (non-hydrogen) atoms. The molecular formula is C13H19N5OS2. The third kappa shape index (κ3) is 3.51. The molecule has 0 saturated carbocycles. The molecule has 0 unspecified atom stereocenters. The van der Waals surface area contributed by atoms with Gasteiger partial charge in [-0.05, 0) is 32.3 Å². The maximum Gasteiger partial charge on any atom is 0.241 e. The van der Waals surface area contributed by atoms with Gasteiger partial charge in [-0.25, -0.2) is 4.98 Å². The van der Waals surface area contributed by atoms with Gasteiger partial charge in [0.2, 0.25) is 5.91 Å². The zero-order chi connectivity index (χ0) is 15.4. The van der Waals surface area contributed by atoms with Crippen LogP contribution < -0.4 is 11.1 Å². The Morgan fingerprint density at radius 2 is 2.14 bits per heavy atom. The van der Waals surface area contributed by atoms with Crippen molar-refractivity contribution in [2.75, 3.05) is 30.7 Å². The van der Waals surface area contributed by atoms with Gasteiger partial charge < -0.3 is 16.0 Å². The molecule has 1 amide bonds. The van der Waals surface area contributed by atoms with Crippen LogP contribution in [0.15, 0.2) is 5.38 Å². The van der Waals surface area contributed by atoms with E-state index in [-0.39, 0.29) is 12.5 Å². The van der Waals surface area contributed by atoms with Crippen LogP contribution in [0.1, 0.15) is 18.9 Å². The van der Waals surface area contributed by atoms with Crippen LogP contribution in [0.4, 0.5) is 10.8 Å². The molecule has 114 valence electrons. The number of nitrogens with one attached hydrogen (secondary N) is 1. The molecule has 6 nitrogen and oxygen atoms in total. The van der Waals surface area contributed by atoms with Crippen LogP contribution in [-0.2, 0) is 4.79 Å². The van der Waals surface area contributed by atoms with Gasteiger partial charge in [0.05, 0.1) is 22.8 Å². The molecule has 0 aliphatic heterocycles. The summed E-state index contributed by atoms with van der Waals surface area (Å²) in [5.41, 5.74) is 7.53. The standard InChI is InChI=1S/C13H19N5OS2/c1-4-18(5-2)10(19)6-15-13-11(12(14)17-21-13)9-7-20-8(3)16-9/h7,15H,4-6H2,1-3H3,(H2,14,17). The summed E-state index contributed by atoms with van der Waals surface area (Å²) < 4.78 is 4.16. The molecule has 2 aromatic rings. The highest BCUT2D eigenvalue weighted by atomic mass is 32.1. The smallest absolute Gasteiger partial charge is 0.241 e. The van der Waals surface area contributed by atoms with Gasteiger partial charge in [-0.1, -0.05) is 0 Å². The first-order chi connectivity index (χ1) is 10.1. The van der Waals surface area contributed by atoms with Crippen molar-refractivity contribution in [3.05, 3.63) is 10.4 Å². The fraction of sp³-hybridized carbons (Fsp3) is 0.462. The zero-order valence-corrected chi connectivity index (χ0v) is 14.0. The summed E-state index contributed by atoms with van der Waals surface area (Å²) in [7, 11) is 0. The van der Waals surface area contributed by atoms with Gasteiger partial charge in [0.1, 0.15) is 10.8 Å². The van der Waals surface area contributed by atoms with Gasteiger partial charge in [0.25, 0.3) is 0 Å². The van der Waals surface area contributed by atoms with Crippen molar-refractivity contribution in [3.63, 3.8) is 0 Å². The molecule has 2 aromatic heterocycles. The van der Waals surface area contributed by atoms with Gasteiger partial charge in [0.15, 0.2) is 0 Å². The molecule has 0 bridgehead atoms. The lowest BCUT2D eigenvalue weighted by Gasteiger charge is -2.18. The van der Waals surface area contributed by atoms with E-state index in [0.29, 0.717) is 18.9 Å². The lowest BCUT2D eigenvalue weighted by molar-refractivity contribution is -0.128. The predicted octanol–water partition coefficient (Wildman–Crippen LogP) is 2.44. The van der Waals surface area contributed by atoms with E-state index in [9.17, 15) is 4.79 Å². The molecule has 0 atom stereocenters. The first-order valence-corrected chi connectivity index (χ1v) is 8.41. The highest BCUT2D eigenvalue weighted by molar-refractivity contribution is 7.11. The molecule has 0 aliphatic rings. The van der Waals surface area contributed by atoms with Crippen LogP contribution in [-0.4, -0.2) is 39.8 Å². The summed E-state index contributed by atoms with van der Waals surface area (Å²) in [5.74, 6) is 0.510. The Morgan fingerprint density at radius 1 is 1.43 bits per heavy atom. The number of nitrogens with two attached hydrogens (primary N) is 1. The number of carbonyl (C=O) groups is 1. The Hall–Kier alpha value is -1.67. The minimum absolute atomic E-state index is 0.0624. The quantitative estimate of drug-likeness (QED) is 0.852. The first-order valence-electron chi connectivity index (χ1n) is 6.76. The summed E-state index contributed by atoms with van der Waals surface area (Å²) in [6, 6.07) is 0. The van der Waals surface area contributed by atoms with Gasteiger partial charge >= 0.3 is 0 Å². The van der Waals surface area contributed by atoms with Crippen molar-refractivity contribution in [1.82, 2.24) is 14.3 Å². The van der Waals surface area contributed by atoms with E-state index >= 15 is 0 Å². The fourth-order valence-corrected chi connectivity index (χ4v) is 3.31. The van der Waals surface area contributed by atoms with Crippen LogP contribution in [0.2, 0.25) is 0 Å². The SMILES string of the molecule is CCN(CC)C(=O)CNc1snc(N)c1-c1csc(C)n1. The Kier molecular flexibility index (Phi) is 5.13. The maximum absolute atomic E-state index is 12.0. The van der Waals surface area contributed by atoms with Crippen LogP contribution in [0.25, 0.3) is 11.3 Å². The molecular weight excluding hydrogens is 306 g/mol. The second kappa shape index (κ2) is 6.86. The van der Waals surface area contributed by atoms with E-state index in [1.165, 1.54) is 11.5 Å². The topological polar surface area (TPSA) is 84.1 Å². The summed E-state index contributed by atoms with van der Waals surface area (Å²) >= 11 is 2.82. The number of hydrogen-bond acceptors (Lipinski definition) is 7. The molecule has 2 rings (SSSR count). The maximum atomic E-state index is 12.0. The van der Waals surface area contributed by atoms with E-state index in [1.54, 1.807) is 16.2 Å². The summed E-state index contributed by atoms with van der Waals surface area (Å²) in [6.07, 6.45) is 0. The van der Waals surface area contributed by atoms with Crippen molar-refractivity contribution in [1.29, 1.82) is 0 Å². The molecule has 8 heteroatoms. The Morgan fingerprint density at radius 3 is 2.71 bits per heavy atom. The Labute approximate surface area is 132 Å². The largest absolute Gasteiger partial charge is 0.382 e. The Balaban J connectivity index is 2.13. The van der Waals surface area contributed by atoms with Gasteiger partial charge in [-0.3, -0.25) is 4.79 Å². The molecule has 0 radical (unpaired) electrons. The second-order valence-electron chi connectivity index (χ2n) is 4.44. The van der Waals surface area contributed by atoms with E-state index in [2.05, 4.69) is 14.7 Å². The lowest BCUT2D eigenvalue weighted by atomic mass is 10.2. The summed E-state index contributed by atoms with van der Waals surface area (Å²) in [5, 5.41) is 6.85. The number of nitrogens with zero attached hydrogens (tertiary/aromatic N) is 3. The Bertz CT molecular complexity index is 618. The third-order valence-electron chi connectivity index (χ3n) is 3.11. The van der Waals surface area contributed by atoms with Crippen LogP contribution in [0.3, 0.4) is 0 Å². The minimum Gasteiger partial charge on any atom is -0.382 e. The van der Waals surface area contributed by atoms with E-state index in [4.69, 9.17) is 5.73 Å². The second-order valence-corrected chi connectivity index (χ2v) is 6.28. The van der Waals surface area contributed by atoms with E-state index in [1.807, 2.05) is 26.2 Å². The number of anilines is 2. The average Bonchev–Trinajstić information content (AvgIpc) is 3.03. The predicted molar refractivity (Wildman–Crippen MR) is 88.8 cm³/mol. The van der Waals surface area contributed by atoms with Gasteiger partial charge in [0, 0.05) is 18.5 Å². The number of rotatable bonds is 6. The van der Waals surface area contributed by atoms with Crippen molar-refractivity contribution < 1.29 is 4.79 Å². The number of aryl methyl sites for hydroxylation is 1. The number of carbonyl (C=O) groups excluding carboxylic acids is 1. The number of aromatic nitrogens is 2. The number of amides is 1. The molecule has 0 fully saturated rings. The highest BCUT2D eigenvalue weighted by Gasteiger charge is 2.17. The molecule has 0 spiro atoms. The van der Waals surface area contributed by atoms with Gasteiger partial charge in [-0.2, -0.15) is 4.37 Å². The lowest BCUT2D eigenvalue weighted by Crippen LogP contribution is -2.35. The summed E-state index contributed by atoms with van der Waals surface area (Å²) in [4.78, 5) is 18.3. The fourth-order valence-electron chi connectivity index (χ4n) is 1.99. The van der Waals surface area contributed by atoms with Gasteiger partial charge in [-0.15, -0.1) is 11.3 Å². The number of nitrogen functional groups attached to an aromatic ring is 1. The van der Waals surface area contributed by atoms with Crippen LogP contribution in [0, 0.1) is 6.92 Å². The third-order valence-corrected chi connectivity index (χ3v) is 4.70. The normalized spacial score (nSPS) is 10.6. The van der Waals surface area contributed by atoms with Crippen molar-refractivity contribution in [3.8, 4) is 11.3 Å². The molecule has 2 heterocycles.